The molecule has 0 spiro atoms. The van der Waals surface area contributed by atoms with Crippen LogP contribution in [0, 0.1) is 0 Å². The lowest BCUT2D eigenvalue weighted by atomic mass is 9.86. The van der Waals surface area contributed by atoms with Crippen LogP contribution in [0.3, 0.4) is 0 Å². The third kappa shape index (κ3) is 20.6. The van der Waals surface area contributed by atoms with Crippen molar-refractivity contribution in [1.29, 1.82) is 0 Å². The lowest BCUT2D eigenvalue weighted by Crippen LogP contribution is -2.17. The molecule has 0 aliphatic heterocycles. The van der Waals surface area contributed by atoms with Gasteiger partial charge in [-0.1, -0.05) is 65.8 Å². The summed E-state index contributed by atoms with van der Waals surface area (Å²) in [6.45, 7) is 29.1. The van der Waals surface area contributed by atoms with Crippen molar-refractivity contribution in [3.8, 4) is 46.0 Å². The van der Waals surface area contributed by atoms with Gasteiger partial charge >= 0.3 is 23.9 Å². The van der Waals surface area contributed by atoms with Crippen LogP contribution in [-0.4, -0.2) is 50.3 Å². The molecule has 0 saturated heterocycles. The highest BCUT2D eigenvalue weighted by atomic mass is 16.6. The normalized spacial score (nSPS) is 10.9. The van der Waals surface area contributed by atoms with E-state index < -0.39 is 23.9 Å². The van der Waals surface area contributed by atoms with E-state index in [1.807, 2.05) is 65.8 Å². The van der Waals surface area contributed by atoms with Crippen molar-refractivity contribution >= 4 is 23.9 Å². The summed E-state index contributed by atoms with van der Waals surface area (Å²) in [4.78, 5) is 51.4. The number of ether oxygens (including phenoxy) is 8. The van der Waals surface area contributed by atoms with Gasteiger partial charge in [0.15, 0.2) is 0 Å². The van der Waals surface area contributed by atoms with Crippen LogP contribution in [0.15, 0.2) is 184 Å². The van der Waals surface area contributed by atoms with E-state index in [2.05, 4.69) is 26.3 Å². The summed E-state index contributed by atoms with van der Waals surface area (Å²) in [5.74, 6) is 2.32. The molecule has 0 aromatic heterocycles. The smallest absolute Gasteiger partial charge is 0.343 e. The monoisotopic (exact) mass is 1080 g/mol. The maximum Gasteiger partial charge on any atom is 0.343 e. The van der Waals surface area contributed by atoms with Gasteiger partial charge in [0.1, 0.15) is 46.0 Å². The van der Waals surface area contributed by atoms with Crippen molar-refractivity contribution in [3.05, 3.63) is 217 Å². The molecular weight excluding hydrogens is 1010 g/mol. The number of benzene rings is 6. The minimum absolute atomic E-state index is 0.359. The number of allylic oxidation sites excluding steroid dienone is 4. The van der Waals surface area contributed by atoms with Crippen LogP contribution >= 0.6 is 0 Å². The first-order chi connectivity index (χ1) is 38.4. The Morgan fingerprint density at radius 1 is 0.338 bits per heavy atom. The van der Waals surface area contributed by atoms with Crippen molar-refractivity contribution in [2.45, 2.75) is 104 Å². The number of esters is 4. The van der Waals surface area contributed by atoms with Crippen molar-refractivity contribution in [2.75, 3.05) is 26.4 Å². The third-order valence-corrected chi connectivity index (χ3v) is 12.0. The minimum Gasteiger partial charge on any atom is -0.494 e. The van der Waals surface area contributed by atoms with Crippen LogP contribution in [0.5, 0.6) is 46.0 Å². The Kier molecular flexibility index (Phi) is 24.6. The lowest BCUT2D eigenvalue weighted by molar-refractivity contribution is 0.0716. The molecule has 0 radical (unpaired) electrons. The Morgan fingerprint density at radius 3 is 0.787 bits per heavy atom. The molecule has 0 aliphatic rings. The summed E-state index contributed by atoms with van der Waals surface area (Å²) >= 11 is 0. The van der Waals surface area contributed by atoms with Crippen molar-refractivity contribution in [1.82, 2.24) is 0 Å². The molecule has 80 heavy (non-hydrogen) atoms. The van der Waals surface area contributed by atoms with Crippen LogP contribution in [0.25, 0.3) is 0 Å². The number of unbranched alkanes of at least 4 members (excludes halogenated alkanes) is 4. The van der Waals surface area contributed by atoms with Gasteiger partial charge in [-0.25, -0.2) is 19.2 Å². The SMILES string of the molecule is C=CCCCOc1ccc(C(=O)Oc2ccc(OC(=O)c3ccc(OCCCC=C)cc3)c(C(C)(C)C)c2)cc1.C=CCCCOc1ccc(C(=O)Oc2ccc(OC(=O)c3ccc(OCCCC=C)cc3)c(C(C)(C)C)c2)cc1. The van der Waals surface area contributed by atoms with E-state index in [1.54, 1.807) is 133 Å². The van der Waals surface area contributed by atoms with E-state index in [0.717, 1.165) is 62.5 Å². The average Bonchev–Trinajstić information content (AvgIpc) is 3.44. The van der Waals surface area contributed by atoms with E-state index in [1.165, 1.54) is 0 Å². The Hall–Kier alpha value is -8.64. The van der Waals surface area contributed by atoms with Gasteiger partial charge in [0.2, 0.25) is 0 Å². The average molecular weight is 1090 g/mol. The molecule has 0 aliphatic carbocycles. The first-order valence-corrected chi connectivity index (χ1v) is 26.9. The number of carbonyl (C=O) groups is 4. The van der Waals surface area contributed by atoms with E-state index in [9.17, 15) is 19.2 Å². The molecule has 0 saturated carbocycles. The number of rotatable bonds is 28. The van der Waals surface area contributed by atoms with Crippen molar-refractivity contribution in [2.24, 2.45) is 0 Å². The van der Waals surface area contributed by atoms with Gasteiger partial charge in [-0.15, -0.1) is 26.3 Å². The lowest BCUT2D eigenvalue weighted by Gasteiger charge is -2.23. The number of carbonyl (C=O) groups excluding carboxylic acids is 4. The molecular formula is C68H76O12. The molecule has 0 N–H and O–H groups in total. The summed E-state index contributed by atoms with van der Waals surface area (Å²) in [6.07, 6.45) is 14.5. The first-order valence-electron chi connectivity index (χ1n) is 26.9. The summed E-state index contributed by atoms with van der Waals surface area (Å²) in [7, 11) is 0. The molecule has 0 fully saturated rings. The van der Waals surface area contributed by atoms with Crippen molar-refractivity contribution in [3.63, 3.8) is 0 Å². The zero-order chi connectivity index (χ0) is 57.9. The van der Waals surface area contributed by atoms with Gasteiger partial charge in [-0.2, -0.15) is 0 Å². The summed E-state index contributed by atoms with van der Waals surface area (Å²) in [6, 6.07) is 37.4. The molecule has 0 amide bonds. The van der Waals surface area contributed by atoms with E-state index in [-0.39, 0.29) is 10.8 Å². The topological polar surface area (TPSA) is 142 Å². The van der Waals surface area contributed by atoms with Gasteiger partial charge < -0.3 is 37.9 Å². The van der Waals surface area contributed by atoms with Gasteiger partial charge in [-0.3, -0.25) is 0 Å². The molecule has 0 atom stereocenters. The Labute approximate surface area is 472 Å². The van der Waals surface area contributed by atoms with Crippen LogP contribution in [0.1, 0.15) is 145 Å². The molecule has 0 heterocycles. The maximum absolute atomic E-state index is 12.9. The van der Waals surface area contributed by atoms with Crippen LogP contribution in [-0.2, 0) is 10.8 Å². The zero-order valence-electron chi connectivity index (χ0n) is 47.2. The predicted molar refractivity (Wildman–Crippen MR) is 316 cm³/mol. The van der Waals surface area contributed by atoms with Gasteiger partial charge in [0, 0.05) is 11.1 Å². The van der Waals surface area contributed by atoms with E-state index in [0.29, 0.717) is 94.7 Å². The van der Waals surface area contributed by atoms with E-state index in [4.69, 9.17) is 37.9 Å². The highest BCUT2D eigenvalue weighted by Crippen LogP contribution is 2.37. The van der Waals surface area contributed by atoms with Crippen molar-refractivity contribution < 1.29 is 57.1 Å². The number of hydrogen-bond donors (Lipinski definition) is 0. The van der Waals surface area contributed by atoms with E-state index >= 15 is 0 Å². The number of hydrogen-bond acceptors (Lipinski definition) is 12. The Bertz CT molecular complexity index is 2770. The highest BCUT2D eigenvalue weighted by Gasteiger charge is 2.25. The molecule has 6 rings (SSSR count). The van der Waals surface area contributed by atoms with Crippen LogP contribution < -0.4 is 37.9 Å². The standard InChI is InChI=1S/2C34H38O6/c2*1-6-8-10-22-37-27-16-12-25(13-17-27)32(35)39-29-20-21-31(30(24-29)34(3,4)5)40-33(36)26-14-18-28(19-15-26)38-23-11-9-7-2/h2*6-7,12-21,24H,1-2,8-11,22-23H2,3-5H3. The fraction of sp³-hybridized carbons (Fsp3) is 0.294. The fourth-order valence-electron chi connectivity index (χ4n) is 7.56. The summed E-state index contributed by atoms with van der Waals surface area (Å²) < 4.78 is 45.5. The van der Waals surface area contributed by atoms with Gasteiger partial charge in [0.05, 0.1) is 48.7 Å². The van der Waals surface area contributed by atoms with Gasteiger partial charge in [-0.05, 0) is 196 Å². The third-order valence-electron chi connectivity index (χ3n) is 12.0. The summed E-state index contributed by atoms with van der Waals surface area (Å²) in [5.41, 5.74) is 2.31. The Balaban J connectivity index is 0.000000294. The molecule has 6 aromatic rings. The molecule has 12 nitrogen and oxygen atoms in total. The molecule has 6 aromatic carbocycles. The molecule has 420 valence electrons. The zero-order valence-corrected chi connectivity index (χ0v) is 47.2. The molecule has 0 unspecified atom stereocenters. The second kappa shape index (κ2) is 31.7. The maximum atomic E-state index is 12.9. The first kappa shape index (κ1) is 62.2. The van der Waals surface area contributed by atoms with Crippen LogP contribution in [0.2, 0.25) is 0 Å². The second-order valence-electron chi connectivity index (χ2n) is 20.6. The second-order valence-corrected chi connectivity index (χ2v) is 20.6. The van der Waals surface area contributed by atoms with Crippen LogP contribution in [0.4, 0.5) is 0 Å². The summed E-state index contributed by atoms with van der Waals surface area (Å²) in [5, 5.41) is 0. The minimum atomic E-state index is -0.491. The molecule has 0 bridgehead atoms. The Morgan fingerprint density at radius 2 is 0.562 bits per heavy atom. The van der Waals surface area contributed by atoms with Gasteiger partial charge in [0.25, 0.3) is 0 Å². The predicted octanol–water partition coefficient (Wildman–Crippen LogP) is 16.2. The fourth-order valence-corrected chi connectivity index (χ4v) is 7.56. The highest BCUT2D eigenvalue weighted by molar-refractivity contribution is 5.93. The quantitative estimate of drug-likeness (QED) is 0.0200. The molecule has 12 heteroatoms. The largest absolute Gasteiger partial charge is 0.494 e.